The van der Waals surface area contributed by atoms with Crippen LogP contribution in [0.1, 0.15) is 37.4 Å². The Morgan fingerprint density at radius 3 is 2.39 bits per heavy atom. The van der Waals surface area contributed by atoms with E-state index in [2.05, 4.69) is 34.2 Å². The fourth-order valence-corrected chi connectivity index (χ4v) is 4.38. The maximum atomic E-state index is 12.8. The lowest BCUT2D eigenvalue weighted by atomic mass is 9.93. The molecule has 0 bridgehead atoms. The molecule has 0 saturated carbocycles. The summed E-state index contributed by atoms with van der Waals surface area (Å²) in [6.45, 7) is 9.04. The normalized spacial score (nSPS) is 18.6. The van der Waals surface area contributed by atoms with E-state index in [1.807, 2.05) is 42.5 Å². The van der Waals surface area contributed by atoms with Crippen LogP contribution in [0.3, 0.4) is 0 Å². The predicted octanol–water partition coefficient (Wildman–Crippen LogP) is 3.73. The van der Waals surface area contributed by atoms with Crippen molar-refractivity contribution >= 4 is 29.3 Å². The van der Waals surface area contributed by atoms with Crippen LogP contribution in [0.15, 0.2) is 54.7 Å². The highest BCUT2D eigenvalue weighted by molar-refractivity contribution is 5.92. The molecule has 2 aromatic carbocycles. The Balaban J connectivity index is 1.40. The van der Waals surface area contributed by atoms with Gasteiger partial charge in [-0.25, -0.2) is 0 Å². The molecule has 0 spiro atoms. The van der Waals surface area contributed by atoms with Crippen LogP contribution in [0.2, 0.25) is 0 Å². The van der Waals surface area contributed by atoms with Crippen LogP contribution in [0.25, 0.3) is 6.08 Å². The molecule has 6 heteroatoms. The summed E-state index contributed by atoms with van der Waals surface area (Å²) in [5.41, 5.74) is 4.00. The highest BCUT2D eigenvalue weighted by Crippen LogP contribution is 2.33. The number of carbonyl (C=O) groups is 2. The van der Waals surface area contributed by atoms with E-state index in [4.69, 9.17) is 0 Å². The van der Waals surface area contributed by atoms with Gasteiger partial charge in [0.15, 0.2) is 0 Å². The van der Waals surface area contributed by atoms with Gasteiger partial charge in [-0.3, -0.25) is 9.59 Å². The number of benzene rings is 2. The van der Waals surface area contributed by atoms with Gasteiger partial charge in [0.05, 0.1) is 12.5 Å². The van der Waals surface area contributed by atoms with Crippen molar-refractivity contribution in [3.05, 3.63) is 65.9 Å². The molecule has 1 fully saturated rings. The molecular weight excluding hydrogens is 388 g/mol. The maximum Gasteiger partial charge on any atom is 0.226 e. The van der Waals surface area contributed by atoms with Crippen LogP contribution in [-0.2, 0) is 9.59 Å². The smallest absolute Gasteiger partial charge is 0.226 e. The summed E-state index contributed by atoms with van der Waals surface area (Å²) in [5.74, 6) is -0.179. The maximum absolute atomic E-state index is 12.8. The van der Waals surface area contributed by atoms with E-state index in [9.17, 15) is 9.59 Å². The predicted molar refractivity (Wildman–Crippen MR) is 125 cm³/mol. The minimum absolute atomic E-state index is 0.0731. The first-order valence-corrected chi connectivity index (χ1v) is 11.0. The summed E-state index contributed by atoms with van der Waals surface area (Å²) in [5, 5.41) is 3.00. The second-order valence-corrected chi connectivity index (χ2v) is 8.11. The van der Waals surface area contributed by atoms with Crippen molar-refractivity contribution in [2.45, 2.75) is 26.3 Å². The number of amides is 2. The fraction of sp³-hybridized carbons (Fsp3) is 0.360. The van der Waals surface area contributed by atoms with Gasteiger partial charge < -0.3 is 20.0 Å². The zero-order chi connectivity index (χ0) is 21.8. The van der Waals surface area contributed by atoms with Crippen molar-refractivity contribution in [1.29, 1.82) is 0 Å². The third kappa shape index (κ3) is 4.80. The summed E-state index contributed by atoms with van der Waals surface area (Å²) >= 11 is 0. The molecule has 1 unspecified atom stereocenters. The molecule has 2 aromatic rings. The Morgan fingerprint density at radius 2 is 1.71 bits per heavy atom. The van der Waals surface area contributed by atoms with Crippen LogP contribution in [0, 0.1) is 0 Å². The van der Waals surface area contributed by atoms with E-state index < -0.39 is 0 Å². The average molecular weight is 419 g/mol. The molecule has 0 aliphatic carbocycles. The Labute approximate surface area is 184 Å². The Hall–Kier alpha value is -3.12. The zero-order valence-corrected chi connectivity index (χ0v) is 18.3. The van der Waals surface area contributed by atoms with Crippen LogP contribution >= 0.6 is 0 Å². The van der Waals surface area contributed by atoms with E-state index in [0.29, 0.717) is 0 Å². The zero-order valence-electron chi connectivity index (χ0n) is 18.3. The molecule has 31 heavy (non-hydrogen) atoms. The standard InChI is InChI=1S/C25H30N4O2/c1-3-27-14-16-28(17-15-27)22-10-8-21(9-11-22)26-25(31)18-24-23-7-5-4-6-20(23)12-13-29(24)19(2)30/h4-13,24H,3,14-18H2,1-2H3,(H,26,31). The number of carbonyl (C=O) groups excluding carboxylic acids is 2. The summed E-state index contributed by atoms with van der Waals surface area (Å²) in [7, 11) is 0. The van der Waals surface area contributed by atoms with Gasteiger partial charge in [-0.1, -0.05) is 31.2 Å². The molecular formula is C25H30N4O2. The number of rotatable bonds is 5. The third-order valence-electron chi connectivity index (χ3n) is 6.18. The lowest BCUT2D eigenvalue weighted by molar-refractivity contribution is -0.129. The van der Waals surface area contributed by atoms with Gasteiger partial charge in [-0.2, -0.15) is 0 Å². The largest absolute Gasteiger partial charge is 0.369 e. The van der Waals surface area contributed by atoms with Crippen LogP contribution in [0.4, 0.5) is 11.4 Å². The van der Waals surface area contributed by atoms with Gasteiger partial charge in [0.25, 0.3) is 0 Å². The van der Waals surface area contributed by atoms with Gasteiger partial charge in [0, 0.05) is 50.7 Å². The van der Waals surface area contributed by atoms with Crippen molar-refractivity contribution in [3.63, 3.8) is 0 Å². The quantitative estimate of drug-likeness (QED) is 0.804. The fourth-order valence-electron chi connectivity index (χ4n) is 4.38. The first-order valence-electron chi connectivity index (χ1n) is 11.0. The minimum Gasteiger partial charge on any atom is -0.369 e. The van der Waals surface area contributed by atoms with Crippen LogP contribution in [0.5, 0.6) is 0 Å². The van der Waals surface area contributed by atoms with E-state index in [-0.39, 0.29) is 24.3 Å². The molecule has 2 amide bonds. The second-order valence-electron chi connectivity index (χ2n) is 8.11. The topological polar surface area (TPSA) is 55.9 Å². The van der Waals surface area contributed by atoms with E-state index in [0.717, 1.165) is 49.5 Å². The first kappa shape index (κ1) is 21.1. The summed E-state index contributed by atoms with van der Waals surface area (Å²) < 4.78 is 0. The van der Waals surface area contributed by atoms with Gasteiger partial charge in [0.1, 0.15) is 0 Å². The number of anilines is 2. The lowest BCUT2D eigenvalue weighted by Crippen LogP contribution is -2.46. The van der Waals surface area contributed by atoms with Gasteiger partial charge in [-0.15, -0.1) is 0 Å². The molecule has 1 saturated heterocycles. The summed E-state index contributed by atoms with van der Waals surface area (Å²) in [6.07, 6.45) is 3.90. The highest BCUT2D eigenvalue weighted by atomic mass is 16.2. The van der Waals surface area contributed by atoms with E-state index in [1.165, 1.54) is 12.6 Å². The molecule has 4 rings (SSSR count). The van der Waals surface area contributed by atoms with Gasteiger partial charge >= 0.3 is 0 Å². The summed E-state index contributed by atoms with van der Waals surface area (Å²) in [6, 6.07) is 15.7. The average Bonchev–Trinajstić information content (AvgIpc) is 2.79. The molecule has 1 atom stereocenters. The molecule has 0 aromatic heterocycles. The van der Waals surface area contributed by atoms with Crippen molar-refractivity contribution in [1.82, 2.24) is 9.80 Å². The van der Waals surface area contributed by atoms with Crippen molar-refractivity contribution in [2.75, 3.05) is 42.9 Å². The number of nitrogens with one attached hydrogen (secondary N) is 1. The molecule has 6 nitrogen and oxygen atoms in total. The van der Waals surface area contributed by atoms with Crippen molar-refractivity contribution in [2.24, 2.45) is 0 Å². The molecule has 162 valence electrons. The Morgan fingerprint density at radius 1 is 1.00 bits per heavy atom. The van der Waals surface area contributed by atoms with Crippen LogP contribution in [-0.4, -0.2) is 54.3 Å². The number of likely N-dealkylation sites (N-methyl/N-ethyl adjacent to an activating group) is 1. The number of piperazine rings is 1. The van der Waals surface area contributed by atoms with Crippen LogP contribution < -0.4 is 10.2 Å². The molecule has 1 N–H and O–H groups in total. The first-order chi connectivity index (χ1) is 15.0. The number of hydrogen-bond acceptors (Lipinski definition) is 4. The molecule has 2 aliphatic rings. The van der Waals surface area contributed by atoms with Crippen molar-refractivity contribution in [3.8, 4) is 0 Å². The number of fused-ring (bicyclic) bond motifs is 1. The second kappa shape index (κ2) is 9.35. The lowest BCUT2D eigenvalue weighted by Gasteiger charge is -2.35. The Kier molecular flexibility index (Phi) is 6.37. The molecule has 2 aliphatic heterocycles. The molecule has 0 radical (unpaired) electrons. The Bertz CT molecular complexity index is 962. The van der Waals surface area contributed by atoms with E-state index >= 15 is 0 Å². The molecule has 2 heterocycles. The van der Waals surface area contributed by atoms with Gasteiger partial charge in [-0.05, 0) is 48.0 Å². The number of hydrogen-bond donors (Lipinski definition) is 1. The SMILES string of the molecule is CCN1CCN(c2ccc(NC(=O)CC3c4ccccc4C=CN3C(C)=O)cc2)CC1. The monoisotopic (exact) mass is 418 g/mol. The highest BCUT2D eigenvalue weighted by Gasteiger charge is 2.28. The number of nitrogens with zero attached hydrogens (tertiary/aromatic N) is 3. The summed E-state index contributed by atoms with van der Waals surface area (Å²) in [4.78, 5) is 31.4. The van der Waals surface area contributed by atoms with Gasteiger partial charge in [0.2, 0.25) is 11.8 Å². The van der Waals surface area contributed by atoms with E-state index in [1.54, 1.807) is 11.1 Å². The minimum atomic E-state index is -0.298. The van der Waals surface area contributed by atoms with Crippen molar-refractivity contribution < 1.29 is 9.59 Å². The third-order valence-corrected chi connectivity index (χ3v) is 6.18.